The summed E-state index contributed by atoms with van der Waals surface area (Å²) in [6, 6.07) is 9.94. The third-order valence-electron chi connectivity index (χ3n) is 3.91. The molecule has 0 spiro atoms. The largest absolute Gasteiger partial charge is 0.478 e. The van der Waals surface area contributed by atoms with E-state index < -0.39 is 11.9 Å². The molecular formula is C22H18O4. The van der Waals surface area contributed by atoms with Crippen LogP contribution in [0.3, 0.4) is 0 Å². The van der Waals surface area contributed by atoms with E-state index in [9.17, 15) is 9.59 Å². The Labute approximate surface area is 152 Å². The highest BCUT2D eigenvalue weighted by atomic mass is 16.4. The monoisotopic (exact) mass is 346 g/mol. The molecule has 0 aliphatic heterocycles. The summed E-state index contributed by atoms with van der Waals surface area (Å²) in [6.45, 7) is 3.79. The Morgan fingerprint density at radius 1 is 0.769 bits per heavy atom. The lowest BCUT2D eigenvalue weighted by Crippen LogP contribution is -2.01. The van der Waals surface area contributed by atoms with Crippen molar-refractivity contribution in [2.75, 3.05) is 0 Å². The van der Waals surface area contributed by atoms with Gasteiger partial charge in [0.25, 0.3) is 0 Å². The zero-order chi connectivity index (χ0) is 19.1. The summed E-state index contributed by atoms with van der Waals surface area (Å²) in [5.41, 5.74) is 3.45. The smallest absolute Gasteiger partial charge is 0.335 e. The molecule has 4 nitrogen and oxygen atoms in total. The van der Waals surface area contributed by atoms with Gasteiger partial charge < -0.3 is 10.2 Å². The number of aromatic carboxylic acids is 2. The quantitative estimate of drug-likeness (QED) is 0.830. The number of benzene rings is 2. The van der Waals surface area contributed by atoms with Crippen molar-refractivity contribution in [3.8, 4) is 23.7 Å². The molecule has 130 valence electrons. The molecule has 0 aliphatic rings. The maximum Gasteiger partial charge on any atom is 0.335 e. The minimum atomic E-state index is -0.947. The lowest BCUT2D eigenvalue weighted by atomic mass is 10.0. The van der Waals surface area contributed by atoms with Crippen LogP contribution in [0.5, 0.6) is 0 Å². The lowest BCUT2D eigenvalue weighted by Gasteiger charge is -2.03. The molecule has 0 heterocycles. The van der Waals surface area contributed by atoms with E-state index >= 15 is 0 Å². The number of carboxylic acid groups (broad SMARTS) is 2. The third-order valence-corrected chi connectivity index (χ3v) is 3.91. The van der Waals surface area contributed by atoms with E-state index in [0.717, 1.165) is 11.1 Å². The molecule has 0 atom stereocenters. The van der Waals surface area contributed by atoms with E-state index in [-0.39, 0.29) is 11.1 Å². The van der Waals surface area contributed by atoms with Crippen LogP contribution in [0.25, 0.3) is 0 Å². The van der Waals surface area contributed by atoms with Crippen LogP contribution >= 0.6 is 0 Å². The van der Waals surface area contributed by atoms with Gasteiger partial charge in [-0.05, 0) is 72.2 Å². The van der Waals surface area contributed by atoms with Gasteiger partial charge in [0.15, 0.2) is 0 Å². The van der Waals surface area contributed by atoms with Crippen molar-refractivity contribution >= 4 is 11.9 Å². The molecule has 0 amide bonds. The summed E-state index contributed by atoms with van der Waals surface area (Å²) in [6.07, 6.45) is 1.22. The molecule has 2 aromatic rings. The van der Waals surface area contributed by atoms with Gasteiger partial charge in [0.2, 0.25) is 0 Å². The van der Waals surface area contributed by atoms with Gasteiger partial charge in [0.1, 0.15) is 0 Å². The Bertz CT molecular complexity index is 897. The van der Waals surface area contributed by atoms with Gasteiger partial charge in [-0.2, -0.15) is 0 Å². The van der Waals surface area contributed by atoms with Crippen molar-refractivity contribution in [1.29, 1.82) is 0 Å². The molecule has 0 unspecified atom stereocenters. The molecule has 2 aromatic carbocycles. The first-order valence-corrected chi connectivity index (χ1v) is 8.20. The Morgan fingerprint density at radius 3 is 1.46 bits per heavy atom. The second-order valence-corrected chi connectivity index (χ2v) is 5.56. The van der Waals surface area contributed by atoms with Gasteiger partial charge in [-0.3, -0.25) is 0 Å². The van der Waals surface area contributed by atoms with Gasteiger partial charge >= 0.3 is 11.9 Å². The number of hydrogen-bond acceptors (Lipinski definition) is 2. The van der Waals surface area contributed by atoms with Crippen LogP contribution in [-0.2, 0) is 12.8 Å². The molecule has 4 heteroatoms. The average Bonchev–Trinajstić information content (AvgIpc) is 2.64. The minimum Gasteiger partial charge on any atom is -0.478 e. The average molecular weight is 346 g/mol. The van der Waals surface area contributed by atoms with Crippen LogP contribution in [0.4, 0.5) is 0 Å². The minimum absolute atomic E-state index is 0.287. The van der Waals surface area contributed by atoms with Crippen molar-refractivity contribution in [1.82, 2.24) is 0 Å². The summed E-state index contributed by atoms with van der Waals surface area (Å²) in [5, 5.41) is 18.3. The summed E-state index contributed by atoms with van der Waals surface area (Å²) < 4.78 is 0. The first kappa shape index (κ1) is 18.8. The molecule has 2 rings (SSSR count). The summed E-state index contributed by atoms with van der Waals surface area (Å²) in [5.74, 6) is 9.41. The first-order valence-electron chi connectivity index (χ1n) is 8.20. The fraction of sp³-hybridized carbons (Fsp3) is 0.182. The summed E-state index contributed by atoms with van der Waals surface area (Å²) in [4.78, 5) is 22.3. The van der Waals surface area contributed by atoms with E-state index in [1.807, 2.05) is 13.8 Å². The van der Waals surface area contributed by atoms with Crippen LogP contribution < -0.4 is 0 Å². The molecule has 0 bridgehead atoms. The number of aryl methyl sites for hydroxylation is 2. The molecular weight excluding hydrogens is 328 g/mol. The van der Waals surface area contributed by atoms with E-state index in [0.29, 0.717) is 24.0 Å². The maximum atomic E-state index is 11.1. The third kappa shape index (κ3) is 4.53. The van der Waals surface area contributed by atoms with Crippen molar-refractivity contribution in [3.05, 3.63) is 69.8 Å². The molecule has 0 saturated carbocycles. The SMILES string of the molecule is CCc1cc(C#CC#Cc2ccc(C(=O)O)c(CC)c2)ccc1C(=O)O. The number of rotatable bonds is 4. The lowest BCUT2D eigenvalue weighted by molar-refractivity contribution is 0.0685. The Kier molecular flexibility index (Phi) is 6.20. The van der Waals surface area contributed by atoms with Gasteiger partial charge in [-0.1, -0.05) is 25.7 Å². The second kappa shape index (κ2) is 8.55. The molecule has 0 aliphatic carbocycles. The maximum absolute atomic E-state index is 11.1. The van der Waals surface area contributed by atoms with Crippen LogP contribution in [0, 0.1) is 23.7 Å². The molecule has 0 fully saturated rings. The number of carbonyl (C=O) groups is 2. The zero-order valence-electron chi connectivity index (χ0n) is 14.6. The van der Waals surface area contributed by atoms with Crippen LogP contribution in [-0.4, -0.2) is 22.2 Å². The van der Waals surface area contributed by atoms with Crippen molar-refractivity contribution in [2.45, 2.75) is 26.7 Å². The predicted octanol–water partition coefficient (Wildman–Crippen LogP) is 3.61. The van der Waals surface area contributed by atoms with Crippen molar-refractivity contribution in [3.63, 3.8) is 0 Å². The van der Waals surface area contributed by atoms with Crippen molar-refractivity contribution in [2.24, 2.45) is 0 Å². The van der Waals surface area contributed by atoms with Crippen LogP contribution in [0.15, 0.2) is 36.4 Å². The predicted molar refractivity (Wildman–Crippen MR) is 99.3 cm³/mol. The second-order valence-electron chi connectivity index (χ2n) is 5.56. The standard InChI is InChI=1S/C22H18O4/c1-3-17-13-15(9-11-19(17)21(23)24)7-5-6-8-16-10-12-20(22(25)26)18(4-2)14-16/h9-14H,3-4H2,1-2H3,(H,23,24)(H,25,26). The van der Waals surface area contributed by atoms with Gasteiger partial charge in [0, 0.05) is 11.1 Å². The number of hydrogen-bond donors (Lipinski definition) is 2. The van der Waals surface area contributed by atoms with E-state index in [1.54, 1.807) is 36.4 Å². The fourth-order valence-electron chi connectivity index (χ4n) is 2.55. The zero-order valence-corrected chi connectivity index (χ0v) is 14.6. The highest BCUT2D eigenvalue weighted by molar-refractivity contribution is 5.90. The number of carboxylic acids is 2. The Balaban J connectivity index is 2.24. The van der Waals surface area contributed by atoms with E-state index in [4.69, 9.17) is 10.2 Å². The van der Waals surface area contributed by atoms with Crippen LogP contribution in [0.1, 0.15) is 56.8 Å². The van der Waals surface area contributed by atoms with Crippen molar-refractivity contribution < 1.29 is 19.8 Å². The van der Waals surface area contributed by atoms with Gasteiger partial charge in [-0.25, -0.2) is 9.59 Å². The molecule has 0 aromatic heterocycles. The summed E-state index contributed by atoms with van der Waals surface area (Å²) in [7, 11) is 0. The fourth-order valence-corrected chi connectivity index (χ4v) is 2.55. The molecule has 2 N–H and O–H groups in total. The van der Waals surface area contributed by atoms with Crippen LogP contribution in [0.2, 0.25) is 0 Å². The Hall–Kier alpha value is -3.50. The van der Waals surface area contributed by atoms with Gasteiger partial charge in [-0.15, -0.1) is 0 Å². The van der Waals surface area contributed by atoms with E-state index in [2.05, 4.69) is 23.7 Å². The first-order chi connectivity index (χ1) is 12.5. The van der Waals surface area contributed by atoms with Gasteiger partial charge in [0.05, 0.1) is 11.1 Å². The van der Waals surface area contributed by atoms with E-state index in [1.165, 1.54) is 0 Å². The summed E-state index contributed by atoms with van der Waals surface area (Å²) >= 11 is 0. The highest BCUT2D eigenvalue weighted by Gasteiger charge is 2.09. The topological polar surface area (TPSA) is 74.6 Å². The molecule has 26 heavy (non-hydrogen) atoms. The molecule has 0 saturated heterocycles. The molecule has 0 radical (unpaired) electrons. The highest BCUT2D eigenvalue weighted by Crippen LogP contribution is 2.13. The Morgan fingerprint density at radius 2 is 1.15 bits per heavy atom. The normalized spacial score (nSPS) is 9.46.